The Morgan fingerprint density at radius 2 is 1.88 bits per heavy atom. The fraction of sp³-hybridized carbons (Fsp3) is 0.211. The third kappa shape index (κ3) is 3.68. The molecule has 2 N–H and O–H groups in total. The van der Waals surface area contributed by atoms with E-state index in [2.05, 4.69) is 10.5 Å². The van der Waals surface area contributed by atoms with Gasteiger partial charge in [0.2, 0.25) is 5.91 Å². The third-order valence-corrected chi connectivity index (χ3v) is 4.17. The lowest BCUT2D eigenvalue weighted by Gasteiger charge is -2.16. The molecule has 0 radical (unpaired) electrons. The summed E-state index contributed by atoms with van der Waals surface area (Å²) in [6, 6.07) is 14.2. The Balaban J connectivity index is 1.75. The molecule has 2 aromatic carbocycles. The first-order chi connectivity index (χ1) is 12.1. The van der Waals surface area contributed by atoms with Gasteiger partial charge in [0.05, 0.1) is 17.0 Å². The lowest BCUT2D eigenvalue weighted by Crippen LogP contribution is -2.23. The van der Waals surface area contributed by atoms with Gasteiger partial charge in [-0.25, -0.2) is 4.79 Å². The van der Waals surface area contributed by atoms with E-state index >= 15 is 0 Å². The first kappa shape index (κ1) is 16.7. The van der Waals surface area contributed by atoms with Gasteiger partial charge in [-0.2, -0.15) is 5.10 Å². The third-order valence-electron chi connectivity index (χ3n) is 4.17. The number of amides is 1. The minimum absolute atomic E-state index is 0.157. The lowest BCUT2D eigenvalue weighted by molar-refractivity contribution is -0.117. The number of para-hydroxylation sites is 1. The summed E-state index contributed by atoms with van der Waals surface area (Å²) in [5.41, 5.74) is 5.93. The normalized spacial score (nSPS) is 14.7. The van der Waals surface area contributed by atoms with Crippen LogP contribution in [-0.4, -0.2) is 29.2 Å². The molecule has 1 aliphatic rings. The van der Waals surface area contributed by atoms with Crippen molar-refractivity contribution in [1.82, 2.24) is 0 Å². The molecular weight excluding hydrogens is 318 g/mol. The monoisotopic (exact) mass is 337 g/mol. The molecule has 25 heavy (non-hydrogen) atoms. The van der Waals surface area contributed by atoms with Crippen LogP contribution >= 0.6 is 0 Å². The number of carbonyl (C=O) groups is 2. The van der Waals surface area contributed by atoms with E-state index < -0.39 is 5.97 Å². The lowest BCUT2D eigenvalue weighted by atomic mass is 10.1. The zero-order valence-corrected chi connectivity index (χ0v) is 13.9. The Hall–Kier alpha value is -3.15. The molecule has 1 heterocycles. The molecule has 6 nitrogen and oxygen atoms in total. The second-order valence-electron chi connectivity index (χ2n) is 5.86. The molecule has 0 spiro atoms. The predicted octanol–water partition coefficient (Wildman–Crippen LogP) is 3.35. The Labute approximate surface area is 145 Å². The summed E-state index contributed by atoms with van der Waals surface area (Å²) < 4.78 is 0. The van der Waals surface area contributed by atoms with Gasteiger partial charge in [0.25, 0.3) is 0 Å². The van der Waals surface area contributed by atoms with E-state index in [1.807, 2.05) is 31.2 Å². The number of rotatable bonds is 5. The van der Waals surface area contributed by atoms with Crippen molar-refractivity contribution < 1.29 is 14.7 Å². The zero-order chi connectivity index (χ0) is 17.8. The molecule has 1 saturated heterocycles. The van der Waals surface area contributed by atoms with Crippen molar-refractivity contribution >= 4 is 29.0 Å². The van der Waals surface area contributed by atoms with Crippen LogP contribution in [0.5, 0.6) is 0 Å². The summed E-state index contributed by atoms with van der Waals surface area (Å²) >= 11 is 0. The van der Waals surface area contributed by atoms with Crippen LogP contribution in [-0.2, 0) is 4.79 Å². The van der Waals surface area contributed by atoms with Gasteiger partial charge in [-0.15, -0.1) is 0 Å². The molecule has 2 aromatic rings. The summed E-state index contributed by atoms with van der Waals surface area (Å²) in [4.78, 5) is 24.8. The van der Waals surface area contributed by atoms with Crippen LogP contribution in [0.15, 0.2) is 53.6 Å². The van der Waals surface area contributed by atoms with Crippen LogP contribution in [0.4, 0.5) is 11.4 Å². The van der Waals surface area contributed by atoms with E-state index in [-0.39, 0.29) is 11.5 Å². The number of carboxylic acids is 1. The highest BCUT2D eigenvalue weighted by Gasteiger charge is 2.21. The molecule has 6 heteroatoms. The molecule has 0 aromatic heterocycles. The van der Waals surface area contributed by atoms with Crippen molar-refractivity contribution in [3.8, 4) is 0 Å². The summed E-state index contributed by atoms with van der Waals surface area (Å²) in [5.74, 6) is -0.847. The second-order valence-corrected chi connectivity index (χ2v) is 5.86. The van der Waals surface area contributed by atoms with E-state index in [0.29, 0.717) is 12.1 Å². The van der Waals surface area contributed by atoms with Gasteiger partial charge in [0, 0.05) is 18.7 Å². The van der Waals surface area contributed by atoms with Crippen LogP contribution in [0.1, 0.15) is 35.7 Å². The largest absolute Gasteiger partial charge is 0.478 e. The average molecular weight is 337 g/mol. The number of nitrogens with one attached hydrogen (secondary N) is 1. The van der Waals surface area contributed by atoms with Crippen LogP contribution in [0.3, 0.4) is 0 Å². The molecule has 0 bridgehead atoms. The zero-order valence-electron chi connectivity index (χ0n) is 13.9. The number of hydrazone groups is 1. The van der Waals surface area contributed by atoms with Crippen molar-refractivity contribution in [2.24, 2.45) is 5.10 Å². The number of carbonyl (C=O) groups excluding carboxylic acids is 1. The van der Waals surface area contributed by atoms with E-state index in [9.17, 15) is 14.7 Å². The second kappa shape index (κ2) is 7.17. The summed E-state index contributed by atoms with van der Waals surface area (Å²) in [6.45, 7) is 2.60. The molecule has 0 aliphatic carbocycles. The average Bonchev–Trinajstić information content (AvgIpc) is 3.06. The number of aromatic carboxylic acids is 1. The molecule has 0 saturated carbocycles. The van der Waals surface area contributed by atoms with Crippen molar-refractivity contribution in [3.63, 3.8) is 0 Å². The predicted molar refractivity (Wildman–Crippen MR) is 97.3 cm³/mol. The molecule has 128 valence electrons. The van der Waals surface area contributed by atoms with E-state index in [0.717, 1.165) is 29.9 Å². The highest BCUT2D eigenvalue weighted by molar-refractivity contribution is 6.01. The maximum atomic E-state index is 11.8. The molecular formula is C19H19N3O3. The van der Waals surface area contributed by atoms with Gasteiger partial charge >= 0.3 is 5.97 Å². The van der Waals surface area contributed by atoms with Gasteiger partial charge in [-0.05, 0) is 43.2 Å². The van der Waals surface area contributed by atoms with Gasteiger partial charge < -0.3 is 10.0 Å². The van der Waals surface area contributed by atoms with Crippen molar-refractivity contribution in [2.45, 2.75) is 19.8 Å². The SMILES string of the molecule is C/C(=N\Nc1ccccc1C(=O)O)c1ccc(N2CCCC2=O)cc1. The fourth-order valence-electron chi connectivity index (χ4n) is 2.78. The van der Waals surface area contributed by atoms with Crippen LogP contribution in [0.25, 0.3) is 0 Å². The number of benzene rings is 2. The Morgan fingerprint density at radius 3 is 2.52 bits per heavy atom. The summed E-state index contributed by atoms with van der Waals surface area (Å²) in [6.07, 6.45) is 1.50. The number of nitrogens with zero attached hydrogens (tertiary/aromatic N) is 2. The standard InChI is InChI=1S/C19H19N3O3/c1-13(20-21-17-6-3-2-5-16(17)19(24)25)14-8-10-15(11-9-14)22-12-4-7-18(22)23/h2-3,5-6,8-11,21H,4,7,12H2,1H3,(H,24,25)/b20-13+. The van der Waals surface area contributed by atoms with E-state index in [1.165, 1.54) is 6.07 Å². The van der Waals surface area contributed by atoms with Gasteiger partial charge in [0.1, 0.15) is 0 Å². The number of carboxylic acid groups (broad SMARTS) is 1. The van der Waals surface area contributed by atoms with E-state index in [1.54, 1.807) is 23.1 Å². The Morgan fingerprint density at radius 1 is 1.16 bits per heavy atom. The summed E-state index contributed by atoms with van der Waals surface area (Å²) in [7, 11) is 0. The summed E-state index contributed by atoms with van der Waals surface area (Å²) in [5, 5.41) is 13.5. The molecule has 1 fully saturated rings. The van der Waals surface area contributed by atoms with Crippen LogP contribution < -0.4 is 10.3 Å². The van der Waals surface area contributed by atoms with Crippen molar-refractivity contribution in [1.29, 1.82) is 0 Å². The maximum Gasteiger partial charge on any atom is 0.337 e. The highest BCUT2D eigenvalue weighted by atomic mass is 16.4. The van der Waals surface area contributed by atoms with Crippen LogP contribution in [0.2, 0.25) is 0 Å². The Kier molecular flexibility index (Phi) is 4.79. The molecule has 1 amide bonds. The smallest absolute Gasteiger partial charge is 0.337 e. The molecule has 3 rings (SSSR count). The Bertz CT molecular complexity index is 828. The first-order valence-electron chi connectivity index (χ1n) is 8.09. The van der Waals surface area contributed by atoms with Crippen molar-refractivity contribution in [3.05, 3.63) is 59.7 Å². The van der Waals surface area contributed by atoms with Gasteiger partial charge in [0.15, 0.2) is 0 Å². The fourth-order valence-corrected chi connectivity index (χ4v) is 2.78. The number of hydrogen-bond donors (Lipinski definition) is 2. The molecule has 1 aliphatic heterocycles. The minimum atomic E-state index is -1.00. The van der Waals surface area contributed by atoms with Gasteiger partial charge in [-0.1, -0.05) is 24.3 Å². The van der Waals surface area contributed by atoms with Crippen molar-refractivity contribution in [2.75, 3.05) is 16.9 Å². The highest BCUT2D eigenvalue weighted by Crippen LogP contribution is 2.22. The first-order valence-corrected chi connectivity index (χ1v) is 8.09. The molecule has 0 unspecified atom stereocenters. The van der Waals surface area contributed by atoms with Crippen LogP contribution in [0, 0.1) is 0 Å². The topological polar surface area (TPSA) is 82.0 Å². The minimum Gasteiger partial charge on any atom is -0.478 e. The molecule has 0 atom stereocenters. The number of anilines is 2. The van der Waals surface area contributed by atoms with E-state index in [4.69, 9.17) is 0 Å². The quantitative estimate of drug-likeness (QED) is 0.647. The maximum absolute atomic E-state index is 11.8. The number of hydrogen-bond acceptors (Lipinski definition) is 4. The van der Waals surface area contributed by atoms with Gasteiger partial charge in [-0.3, -0.25) is 10.2 Å².